The molecule has 130 valence electrons. The molecular formula is C20H20ClFN2O. The van der Waals surface area contributed by atoms with Gasteiger partial charge in [-0.05, 0) is 67.7 Å². The number of anilines is 1. The van der Waals surface area contributed by atoms with Crippen LogP contribution in [0.25, 0.3) is 5.57 Å². The van der Waals surface area contributed by atoms with Crippen LogP contribution in [-0.4, -0.2) is 4.98 Å². The zero-order valence-electron chi connectivity index (χ0n) is 14.3. The molecule has 1 aliphatic rings. The summed E-state index contributed by atoms with van der Waals surface area (Å²) >= 11 is 6.11. The van der Waals surface area contributed by atoms with Gasteiger partial charge in [-0.3, -0.25) is 4.84 Å². The summed E-state index contributed by atoms with van der Waals surface area (Å²) in [7, 11) is 0. The Labute approximate surface area is 152 Å². The summed E-state index contributed by atoms with van der Waals surface area (Å²) in [6, 6.07) is 6.40. The Morgan fingerprint density at radius 3 is 3.04 bits per heavy atom. The number of hydroxylamine groups is 1. The maximum atomic E-state index is 13.4. The van der Waals surface area contributed by atoms with Crippen molar-refractivity contribution in [3.8, 4) is 0 Å². The van der Waals surface area contributed by atoms with E-state index in [1.807, 2.05) is 25.4 Å². The lowest BCUT2D eigenvalue weighted by atomic mass is 10.0. The Balaban J connectivity index is 1.84. The molecule has 1 aromatic carbocycles. The van der Waals surface area contributed by atoms with Crippen LogP contribution in [0.3, 0.4) is 0 Å². The lowest BCUT2D eigenvalue weighted by molar-refractivity contribution is 0.116. The topological polar surface area (TPSA) is 25.4 Å². The monoisotopic (exact) mass is 358 g/mol. The summed E-state index contributed by atoms with van der Waals surface area (Å²) in [5.41, 5.74) is 4.01. The zero-order chi connectivity index (χ0) is 17.8. The second kappa shape index (κ2) is 7.81. The van der Waals surface area contributed by atoms with E-state index >= 15 is 0 Å². The van der Waals surface area contributed by atoms with E-state index in [0.717, 1.165) is 29.8 Å². The van der Waals surface area contributed by atoms with Gasteiger partial charge in [0.05, 0.1) is 0 Å². The van der Waals surface area contributed by atoms with Gasteiger partial charge < -0.3 is 0 Å². The van der Waals surface area contributed by atoms with Crippen molar-refractivity contribution in [2.45, 2.75) is 33.3 Å². The third kappa shape index (κ3) is 4.09. The molecule has 2 aromatic rings. The number of hydrogen-bond acceptors (Lipinski definition) is 3. The molecule has 0 amide bonds. The van der Waals surface area contributed by atoms with Crippen molar-refractivity contribution in [1.82, 2.24) is 4.98 Å². The molecule has 1 aliphatic heterocycles. The van der Waals surface area contributed by atoms with Crippen molar-refractivity contribution in [2.24, 2.45) is 0 Å². The average molecular weight is 359 g/mol. The molecule has 0 unspecified atom stereocenters. The van der Waals surface area contributed by atoms with Gasteiger partial charge in [0.2, 0.25) is 0 Å². The summed E-state index contributed by atoms with van der Waals surface area (Å²) in [4.78, 5) is 10.4. The third-order valence-electron chi connectivity index (χ3n) is 4.23. The fourth-order valence-electron chi connectivity index (χ4n) is 2.64. The van der Waals surface area contributed by atoms with E-state index in [-0.39, 0.29) is 12.4 Å². The molecule has 0 radical (unpaired) electrons. The van der Waals surface area contributed by atoms with E-state index in [2.05, 4.69) is 24.1 Å². The molecule has 25 heavy (non-hydrogen) atoms. The van der Waals surface area contributed by atoms with Gasteiger partial charge in [0, 0.05) is 23.0 Å². The quantitative estimate of drug-likeness (QED) is 0.701. The molecule has 1 aromatic heterocycles. The molecule has 2 heterocycles. The van der Waals surface area contributed by atoms with Gasteiger partial charge >= 0.3 is 0 Å². The predicted octanol–water partition coefficient (Wildman–Crippen LogP) is 5.70. The van der Waals surface area contributed by atoms with Gasteiger partial charge in [0.15, 0.2) is 5.82 Å². The molecule has 0 saturated carbocycles. The van der Waals surface area contributed by atoms with Crippen LogP contribution in [0.1, 0.15) is 37.0 Å². The molecule has 3 nitrogen and oxygen atoms in total. The Bertz CT molecular complexity index is 832. The van der Waals surface area contributed by atoms with Crippen LogP contribution >= 0.6 is 11.6 Å². The van der Waals surface area contributed by atoms with Crippen molar-refractivity contribution >= 4 is 23.0 Å². The number of aromatic nitrogens is 1. The van der Waals surface area contributed by atoms with Crippen molar-refractivity contribution in [2.75, 3.05) is 5.06 Å². The Morgan fingerprint density at radius 1 is 1.40 bits per heavy atom. The van der Waals surface area contributed by atoms with Crippen LogP contribution in [0.2, 0.25) is 5.02 Å². The van der Waals surface area contributed by atoms with Crippen LogP contribution in [-0.2, 0) is 17.9 Å². The first-order valence-electron chi connectivity index (χ1n) is 8.23. The van der Waals surface area contributed by atoms with Gasteiger partial charge in [-0.2, -0.15) is 0 Å². The summed E-state index contributed by atoms with van der Waals surface area (Å²) in [5, 5.41) is 2.12. The van der Waals surface area contributed by atoms with Gasteiger partial charge in [-0.1, -0.05) is 23.8 Å². The Kier molecular flexibility index (Phi) is 5.51. The first-order valence-corrected chi connectivity index (χ1v) is 8.61. The zero-order valence-corrected chi connectivity index (χ0v) is 15.1. The van der Waals surface area contributed by atoms with Crippen LogP contribution < -0.4 is 5.06 Å². The molecule has 0 N–H and O–H groups in total. The Hall–Kier alpha value is -2.17. The molecular weight excluding hydrogens is 339 g/mol. The summed E-state index contributed by atoms with van der Waals surface area (Å²) < 4.78 is 13.4. The summed E-state index contributed by atoms with van der Waals surface area (Å²) in [5.74, 6) is 0.424. The van der Waals surface area contributed by atoms with E-state index < -0.39 is 0 Å². The van der Waals surface area contributed by atoms with E-state index in [1.54, 1.807) is 5.06 Å². The number of benzene rings is 1. The fraction of sp³-hybridized carbons (Fsp3) is 0.250. The number of fused-ring (bicyclic) bond motifs is 1. The SMILES string of the molecule is CC=C(C)c1cnc2c(c1)CCC=CN2OCc1cc(F)ccc1Cl. The normalized spacial score (nSPS) is 14.4. The highest BCUT2D eigenvalue weighted by Crippen LogP contribution is 2.28. The standard InChI is InChI=1S/C20H20ClFN2O/c1-3-14(2)16-10-15-6-4-5-9-24(20(15)23-12-16)25-13-17-11-18(22)7-8-19(17)21/h3,5,7-12H,4,6,13H2,1-2H3. The molecule has 0 bridgehead atoms. The lowest BCUT2D eigenvalue weighted by Crippen LogP contribution is -2.19. The molecule has 0 saturated heterocycles. The summed E-state index contributed by atoms with van der Waals surface area (Å²) in [6.07, 6.45) is 9.61. The molecule has 0 aliphatic carbocycles. The van der Waals surface area contributed by atoms with Crippen LogP contribution in [0.15, 0.2) is 48.8 Å². The van der Waals surface area contributed by atoms with Crippen molar-refractivity contribution in [3.05, 3.63) is 76.3 Å². The molecule has 0 atom stereocenters. The number of aryl methyl sites for hydroxylation is 1. The van der Waals surface area contributed by atoms with E-state index in [4.69, 9.17) is 16.4 Å². The predicted molar refractivity (Wildman–Crippen MR) is 99.7 cm³/mol. The van der Waals surface area contributed by atoms with Crippen LogP contribution in [0, 0.1) is 5.82 Å². The van der Waals surface area contributed by atoms with Crippen molar-refractivity contribution < 1.29 is 9.23 Å². The van der Waals surface area contributed by atoms with E-state index in [1.165, 1.54) is 23.8 Å². The number of allylic oxidation sites excluding steroid dienone is 3. The minimum absolute atomic E-state index is 0.164. The average Bonchev–Trinajstić information content (AvgIpc) is 2.83. The van der Waals surface area contributed by atoms with Crippen LogP contribution in [0.4, 0.5) is 10.2 Å². The largest absolute Gasteiger partial charge is 0.263 e. The van der Waals surface area contributed by atoms with E-state index in [9.17, 15) is 4.39 Å². The minimum Gasteiger partial charge on any atom is -0.263 e. The number of halogens is 2. The molecule has 0 spiro atoms. The maximum absolute atomic E-state index is 13.4. The second-order valence-electron chi connectivity index (χ2n) is 5.94. The fourth-order valence-corrected chi connectivity index (χ4v) is 2.82. The highest BCUT2D eigenvalue weighted by atomic mass is 35.5. The lowest BCUT2D eigenvalue weighted by Gasteiger charge is -2.21. The number of hydrogen-bond donors (Lipinski definition) is 0. The van der Waals surface area contributed by atoms with Gasteiger partial charge in [0.25, 0.3) is 0 Å². The third-order valence-corrected chi connectivity index (χ3v) is 4.60. The molecule has 0 fully saturated rings. The minimum atomic E-state index is -0.334. The van der Waals surface area contributed by atoms with Gasteiger partial charge in [0.1, 0.15) is 12.4 Å². The molecule has 3 rings (SSSR count). The molecule has 5 heteroatoms. The number of pyridine rings is 1. The number of nitrogens with zero attached hydrogens (tertiary/aromatic N) is 2. The number of rotatable bonds is 4. The second-order valence-corrected chi connectivity index (χ2v) is 6.34. The first-order chi connectivity index (χ1) is 12.1. The highest BCUT2D eigenvalue weighted by molar-refractivity contribution is 6.31. The van der Waals surface area contributed by atoms with Crippen molar-refractivity contribution in [3.63, 3.8) is 0 Å². The van der Waals surface area contributed by atoms with Gasteiger partial charge in [-0.15, -0.1) is 0 Å². The van der Waals surface area contributed by atoms with Crippen molar-refractivity contribution in [1.29, 1.82) is 0 Å². The first kappa shape index (κ1) is 17.6. The summed E-state index contributed by atoms with van der Waals surface area (Å²) in [6.45, 7) is 4.25. The Morgan fingerprint density at radius 2 is 2.24 bits per heavy atom. The highest BCUT2D eigenvalue weighted by Gasteiger charge is 2.16. The maximum Gasteiger partial charge on any atom is 0.160 e. The smallest absolute Gasteiger partial charge is 0.160 e. The van der Waals surface area contributed by atoms with Gasteiger partial charge in [-0.25, -0.2) is 14.4 Å². The van der Waals surface area contributed by atoms with E-state index in [0.29, 0.717) is 10.6 Å². The van der Waals surface area contributed by atoms with Crippen LogP contribution in [0.5, 0.6) is 0 Å².